The van der Waals surface area contributed by atoms with Crippen LogP contribution >= 0.6 is 11.6 Å². The van der Waals surface area contributed by atoms with Gasteiger partial charge in [0.25, 0.3) is 0 Å². The van der Waals surface area contributed by atoms with Gasteiger partial charge < -0.3 is 5.73 Å². The van der Waals surface area contributed by atoms with E-state index >= 15 is 0 Å². The van der Waals surface area contributed by atoms with Crippen molar-refractivity contribution in [1.82, 2.24) is 0 Å². The third-order valence-corrected chi connectivity index (χ3v) is 1.10. The second kappa shape index (κ2) is 3.84. The molecule has 1 aromatic rings. The van der Waals surface area contributed by atoms with E-state index < -0.39 is 0 Å². The zero-order valence-electron chi connectivity index (χ0n) is 5.19. The molecule has 42 valence electrons. The average Bonchev–Trinajstić information content (AvgIpc) is 1.77. The molecule has 0 saturated heterocycles. The largest absolute Gasteiger partial charge is 1.00 e. The fourth-order valence-corrected chi connectivity index (χ4v) is 0.576. The third kappa shape index (κ3) is 2.81. The van der Waals surface area contributed by atoms with Crippen LogP contribution in [0.4, 0.5) is 5.69 Å². The van der Waals surface area contributed by atoms with E-state index in [1.54, 1.807) is 24.3 Å². The molecule has 0 spiro atoms. The molecule has 0 radical (unpaired) electrons. The molecule has 1 aromatic carbocycles. The fraction of sp³-hybridized carbons (Fsp3) is 0. The number of halogens is 1. The van der Waals surface area contributed by atoms with Crippen LogP contribution in [-0.4, -0.2) is 0 Å². The van der Waals surface area contributed by atoms with Gasteiger partial charge in [-0.2, -0.15) is 0 Å². The molecule has 0 aliphatic carbocycles. The zero-order chi connectivity index (χ0) is 5.98. The summed E-state index contributed by atoms with van der Waals surface area (Å²) in [5.74, 6) is 0. The van der Waals surface area contributed by atoms with Gasteiger partial charge in [-0.05, 0) is 12.1 Å². The van der Waals surface area contributed by atoms with Crippen molar-refractivity contribution in [2.24, 2.45) is 0 Å². The van der Waals surface area contributed by atoms with E-state index in [4.69, 9.17) is 17.3 Å². The van der Waals surface area contributed by atoms with Gasteiger partial charge in [-0.1, -0.05) is 23.7 Å². The summed E-state index contributed by atoms with van der Waals surface area (Å²) in [6, 6.07) is 6.71. The van der Waals surface area contributed by atoms with Crippen molar-refractivity contribution in [2.45, 2.75) is 0 Å². The molecule has 0 aromatic heterocycles. The van der Waals surface area contributed by atoms with Gasteiger partial charge in [-0.25, -0.2) is 0 Å². The first kappa shape index (κ1) is 8.91. The van der Waals surface area contributed by atoms with Crippen LogP contribution in [0.15, 0.2) is 24.3 Å². The first-order valence-electron chi connectivity index (χ1n) is 2.26. The summed E-state index contributed by atoms with van der Waals surface area (Å²) in [5, 5.41) is 0.681. The standard InChI is InChI=1S/C6H5ClN.Li/c7-5-1-3-6(8)4-2-5;/h1-4,8H;/q-1;+1. The minimum atomic E-state index is 0. The van der Waals surface area contributed by atoms with E-state index in [9.17, 15) is 0 Å². The van der Waals surface area contributed by atoms with Crippen molar-refractivity contribution < 1.29 is 18.9 Å². The molecule has 1 rings (SSSR count). The molecule has 0 atom stereocenters. The van der Waals surface area contributed by atoms with Crippen molar-refractivity contribution in [3.05, 3.63) is 35.0 Å². The second-order valence-electron chi connectivity index (χ2n) is 1.51. The minimum Gasteiger partial charge on any atom is -0.699 e. The Bertz CT molecular complexity index is 152. The molecule has 1 nitrogen and oxygen atoms in total. The number of rotatable bonds is 0. The number of hydrogen-bond donors (Lipinski definition) is 0. The Morgan fingerprint density at radius 1 is 1.11 bits per heavy atom. The number of hydrogen-bond acceptors (Lipinski definition) is 0. The van der Waals surface area contributed by atoms with Crippen molar-refractivity contribution in [1.29, 1.82) is 0 Å². The van der Waals surface area contributed by atoms with Gasteiger partial charge in [0.2, 0.25) is 0 Å². The van der Waals surface area contributed by atoms with Crippen molar-refractivity contribution in [2.75, 3.05) is 0 Å². The van der Waals surface area contributed by atoms with E-state index in [1.807, 2.05) is 0 Å². The molecule has 0 heterocycles. The maximum absolute atomic E-state index is 7.03. The van der Waals surface area contributed by atoms with Crippen LogP contribution in [0.25, 0.3) is 5.73 Å². The van der Waals surface area contributed by atoms with Crippen LogP contribution in [0.5, 0.6) is 0 Å². The molecule has 0 saturated carbocycles. The first-order chi connectivity index (χ1) is 3.79. The normalized spacial score (nSPS) is 8.11. The van der Waals surface area contributed by atoms with E-state index in [-0.39, 0.29) is 18.9 Å². The van der Waals surface area contributed by atoms with Gasteiger partial charge >= 0.3 is 18.9 Å². The van der Waals surface area contributed by atoms with Crippen LogP contribution in [0, 0.1) is 0 Å². The Morgan fingerprint density at radius 2 is 1.56 bits per heavy atom. The van der Waals surface area contributed by atoms with E-state index in [0.717, 1.165) is 0 Å². The van der Waals surface area contributed by atoms with Gasteiger partial charge in [0, 0.05) is 5.02 Å². The topological polar surface area (TPSA) is 23.8 Å². The van der Waals surface area contributed by atoms with Gasteiger partial charge in [0.15, 0.2) is 0 Å². The SMILES string of the molecule is [Li+].[NH-]c1ccc(Cl)cc1. The van der Waals surface area contributed by atoms with E-state index in [1.165, 1.54) is 0 Å². The van der Waals surface area contributed by atoms with Crippen molar-refractivity contribution in [3.63, 3.8) is 0 Å². The van der Waals surface area contributed by atoms with E-state index in [0.29, 0.717) is 10.7 Å². The molecule has 0 bridgehead atoms. The quantitative estimate of drug-likeness (QED) is 0.446. The Kier molecular flexibility index (Phi) is 3.80. The summed E-state index contributed by atoms with van der Waals surface area (Å²) < 4.78 is 0. The zero-order valence-corrected chi connectivity index (χ0v) is 5.94. The molecule has 1 N–H and O–H groups in total. The van der Waals surface area contributed by atoms with Crippen LogP contribution in [-0.2, 0) is 0 Å². The van der Waals surface area contributed by atoms with Gasteiger partial charge in [0.05, 0.1) is 0 Å². The molecular weight excluding hydrogens is 128 g/mol. The van der Waals surface area contributed by atoms with Crippen LogP contribution < -0.4 is 18.9 Å². The molecule has 0 aliphatic heterocycles. The molecule has 0 amide bonds. The summed E-state index contributed by atoms with van der Waals surface area (Å²) in [7, 11) is 0. The minimum absolute atomic E-state index is 0. The van der Waals surface area contributed by atoms with Crippen molar-refractivity contribution >= 4 is 17.3 Å². The number of nitrogens with one attached hydrogen (secondary N) is 1. The van der Waals surface area contributed by atoms with Gasteiger partial charge in [0.1, 0.15) is 0 Å². The third-order valence-electron chi connectivity index (χ3n) is 0.844. The Morgan fingerprint density at radius 3 is 1.89 bits per heavy atom. The molecule has 0 fully saturated rings. The summed E-state index contributed by atoms with van der Waals surface area (Å²) >= 11 is 5.53. The predicted octanol–water partition coefficient (Wildman–Crippen LogP) is 0.0277. The molecule has 9 heavy (non-hydrogen) atoms. The maximum atomic E-state index is 7.03. The van der Waals surface area contributed by atoms with Crippen LogP contribution in [0.3, 0.4) is 0 Å². The monoisotopic (exact) mass is 133 g/mol. The molecular formula is C6H5ClLiN. The van der Waals surface area contributed by atoms with Crippen LogP contribution in [0.2, 0.25) is 5.02 Å². The van der Waals surface area contributed by atoms with Crippen LogP contribution in [0.1, 0.15) is 0 Å². The molecule has 0 aliphatic rings. The molecule has 3 heteroatoms. The molecule has 0 unspecified atom stereocenters. The predicted molar refractivity (Wildman–Crippen MR) is 35.4 cm³/mol. The summed E-state index contributed by atoms with van der Waals surface area (Å²) in [4.78, 5) is 0. The fourth-order valence-electron chi connectivity index (χ4n) is 0.450. The maximum Gasteiger partial charge on any atom is 1.00 e. The summed E-state index contributed by atoms with van der Waals surface area (Å²) in [6.07, 6.45) is 0. The Labute approximate surface area is 71.4 Å². The second-order valence-corrected chi connectivity index (χ2v) is 1.94. The van der Waals surface area contributed by atoms with Gasteiger partial charge in [-0.3, -0.25) is 0 Å². The van der Waals surface area contributed by atoms with E-state index in [2.05, 4.69) is 0 Å². The summed E-state index contributed by atoms with van der Waals surface area (Å²) in [5.41, 5.74) is 7.53. The number of benzene rings is 1. The first-order valence-corrected chi connectivity index (χ1v) is 2.64. The Balaban J connectivity index is 0.000000640. The Hall–Kier alpha value is -0.0926. The van der Waals surface area contributed by atoms with Crippen molar-refractivity contribution in [3.8, 4) is 0 Å². The average molecular weight is 134 g/mol. The summed E-state index contributed by atoms with van der Waals surface area (Å²) in [6.45, 7) is 0. The van der Waals surface area contributed by atoms with Gasteiger partial charge in [-0.15, -0.1) is 5.69 Å². The smallest absolute Gasteiger partial charge is 0.699 e.